The Morgan fingerprint density at radius 2 is 1.72 bits per heavy atom. The molecule has 100 valence electrons. The molecule has 0 saturated carbocycles. The Hall–Kier alpha value is -1.75. The van der Waals surface area contributed by atoms with E-state index in [4.69, 9.17) is 11.2 Å². The van der Waals surface area contributed by atoms with Crippen molar-refractivity contribution in [3.8, 4) is 18.1 Å². The maximum atomic E-state index is 10.4. The number of terminal acetylenes is 1. The zero-order valence-electron chi connectivity index (χ0n) is 11.9. The normalized spacial score (nSPS) is 7.72. The molecule has 1 aromatic carbocycles. The Balaban J connectivity index is 0. The highest BCUT2D eigenvalue weighted by Gasteiger charge is 1.93. The Kier molecular flexibility index (Phi) is 15.8. The minimum atomic E-state index is 0.616. The van der Waals surface area contributed by atoms with Crippen LogP contribution in [0.4, 0.5) is 0 Å². The van der Waals surface area contributed by atoms with Crippen LogP contribution in [0, 0.1) is 12.3 Å². The summed E-state index contributed by atoms with van der Waals surface area (Å²) in [6, 6.07) is 7.01. The van der Waals surface area contributed by atoms with Crippen LogP contribution in [-0.4, -0.2) is 12.9 Å². The molecule has 1 aromatic rings. The van der Waals surface area contributed by atoms with E-state index in [0.717, 1.165) is 24.9 Å². The van der Waals surface area contributed by atoms with Gasteiger partial charge in [0.05, 0.1) is 6.61 Å². The fraction of sp³-hybridized carbons (Fsp3) is 0.438. The Labute approximate surface area is 111 Å². The van der Waals surface area contributed by atoms with Gasteiger partial charge in [-0.1, -0.05) is 27.7 Å². The molecule has 18 heavy (non-hydrogen) atoms. The quantitative estimate of drug-likeness (QED) is 0.440. The van der Waals surface area contributed by atoms with Crippen molar-refractivity contribution >= 4 is 6.29 Å². The van der Waals surface area contributed by atoms with E-state index in [-0.39, 0.29) is 0 Å². The third-order valence-electron chi connectivity index (χ3n) is 1.75. The lowest BCUT2D eigenvalue weighted by molar-refractivity contribution is 0.112. The van der Waals surface area contributed by atoms with Crippen LogP contribution in [0.3, 0.4) is 0 Å². The zero-order valence-corrected chi connectivity index (χ0v) is 11.9. The first-order chi connectivity index (χ1) is 8.86. The molecule has 0 spiro atoms. The second-order valence-corrected chi connectivity index (χ2v) is 2.84. The molecule has 0 radical (unpaired) electrons. The molecule has 0 saturated heterocycles. The minimum absolute atomic E-state index is 0.616. The predicted octanol–water partition coefficient (Wildman–Crippen LogP) is 4.34. The molecule has 1 rings (SSSR count). The van der Waals surface area contributed by atoms with Gasteiger partial charge in [0.2, 0.25) is 0 Å². The number of carbonyl (C=O) groups is 1. The summed E-state index contributed by atoms with van der Waals surface area (Å²) in [6.07, 6.45) is 7.49. The number of hydrogen-bond acceptors (Lipinski definition) is 2. The summed E-state index contributed by atoms with van der Waals surface area (Å²) in [7, 11) is 0. The van der Waals surface area contributed by atoms with Crippen LogP contribution in [0.1, 0.15) is 50.9 Å². The van der Waals surface area contributed by atoms with E-state index in [0.29, 0.717) is 12.2 Å². The van der Waals surface area contributed by atoms with Crippen LogP contribution < -0.4 is 4.74 Å². The molecule has 0 aliphatic carbocycles. The maximum Gasteiger partial charge on any atom is 0.150 e. The molecule has 0 atom stereocenters. The molecular weight excluding hydrogens is 224 g/mol. The summed E-state index contributed by atoms with van der Waals surface area (Å²) >= 11 is 0. The van der Waals surface area contributed by atoms with Crippen molar-refractivity contribution in [3.05, 3.63) is 29.8 Å². The minimum Gasteiger partial charge on any atom is -0.494 e. The first-order valence-electron chi connectivity index (χ1n) is 6.48. The predicted molar refractivity (Wildman–Crippen MR) is 78.1 cm³/mol. The highest BCUT2D eigenvalue weighted by atomic mass is 16.5. The molecule has 0 aliphatic rings. The van der Waals surface area contributed by atoms with Crippen molar-refractivity contribution in [3.63, 3.8) is 0 Å². The smallest absolute Gasteiger partial charge is 0.150 e. The fourth-order valence-corrected chi connectivity index (χ4v) is 1.01. The number of unbranched alkanes of at least 4 members (excludes halogenated alkanes) is 1. The highest BCUT2D eigenvalue weighted by molar-refractivity contribution is 5.74. The summed E-state index contributed by atoms with van der Waals surface area (Å²) in [5.74, 6) is 3.32. The summed E-state index contributed by atoms with van der Waals surface area (Å²) in [6.45, 7) is 8.62. The lowest BCUT2D eigenvalue weighted by Crippen LogP contribution is -1.96. The second-order valence-electron chi connectivity index (χ2n) is 2.84. The van der Waals surface area contributed by atoms with Crippen LogP contribution in [0.15, 0.2) is 24.3 Å². The van der Waals surface area contributed by atoms with Gasteiger partial charge in [-0.3, -0.25) is 4.79 Å². The van der Waals surface area contributed by atoms with Crippen molar-refractivity contribution in [2.75, 3.05) is 6.61 Å². The molecule has 0 bridgehead atoms. The van der Waals surface area contributed by atoms with E-state index in [9.17, 15) is 4.79 Å². The number of aldehydes is 1. The number of hydrogen-bond donors (Lipinski definition) is 0. The van der Waals surface area contributed by atoms with Gasteiger partial charge >= 0.3 is 0 Å². The molecule has 0 N–H and O–H groups in total. The van der Waals surface area contributed by atoms with E-state index in [1.165, 1.54) is 0 Å². The monoisotopic (exact) mass is 248 g/mol. The first kappa shape index (κ1) is 18.6. The summed E-state index contributed by atoms with van der Waals surface area (Å²) in [5, 5.41) is 0. The second kappa shape index (κ2) is 15.2. The van der Waals surface area contributed by atoms with E-state index < -0.39 is 0 Å². The van der Waals surface area contributed by atoms with E-state index in [1.54, 1.807) is 24.3 Å². The van der Waals surface area contributed by atoms with Gasteiger partial charge in [0.15, 0.2) is 0 Å². The van der Waals surface area contributed by atoms with Gasteiger partial charge in [-0.25, -0.2) is 0 Å². The largest absolute Gasteiger partial charge is 0.494 e. The van der Waals surface area contributed by atoms with Gasteiger partial charge in [-0.15, -0.1) is 12.3 Å². The molecule has 0 aliphatic heterocycles. The number of benzene rings is 1. The van der Waals surface area contributed by atoms with Crippen LogP contribution in [-0.2, 0) is 0 Å². The summed E-state index contributed by atoms with van der Waals surface area (Å²) in [5.41, 5.74) is 0.654. The molecule has 0 amide bonds. The van der Waals surface area contributed by atoms with E-state index in [2.05, 4.69) is 5.92 Å². The third-order valence-corrected chi connectivity index (χ3v) is 1.75. The van der Waals surface area contributed by atoms with Crippen LogP contribution in [0.5, 0.6) is 5.75 Å². The Morgan fingerprint density at radius 3 is 2.17 bits per heavy atom. The van der Waals surface area contributed by atoms with Crippen molar-refractivity contribution in [1.82, 2.24) is 0 Å². The Morgan fingerprint density at radius 1 is 1.17 bits per heavy atom. The number of ether oxygens (including phenoxy) is 1. The van der Waals surface area contributed by atoms with Gasteiger partial charge in [0.25, 0.3) is 0 Å². The van der Waals surface area contributed by atoms with Gasteiger partial charge in [0.1, 0.15) is 12.0 Å². The van der Waals surface area contributed by atoms with Crippen molar-refractivity contribution in [1.29, 1.82) is 0 Å². The van der Waals surface area contributed by atoms with Crippen molar-refractivity contribution in [2.24, 2.45) is 0 Å². The van der Waals surface area contributed by atoms with Gasteiger partial charge in [-0.2, -0.15) is 0 Å². The molecular formula is C16H24O2. The van der Waals surface area contributed by atoms with Crippen LogP contribution in [0.25, 0.3) is 0 Å². The lowest BCUT2D eigenvalue weighted by atomic mass is 10.2. The summed E-state index contributed by atoms with van der Waals surface area (Å²) < 4.78 is 5.40. The van der Waals surface area contributed by atoms with Crippen molar-refractivity contribution < 1.29 is 9.53 Å². The van der Waals surface area contributed by atoms with Crippen LogP contribution >= 0.6 is 0 Å². The standard InChI is InChI=1S/C12H12O2.2C2H6/c1-2-3-4-9-14-12-7-5-11(10-13)6-8-12;2*1-2/h1,5-8,10H,3-4,9H2;2*1-2H3. The van der Waals surface area contributed by atoms with E-state index in [1.807, 2.05) is 27.7 Å². The van der Waals surface area contributed by atoms with Crippen molar-refractivity contribution in [2.45, 2.75) is 40.5 Å². The number of carbonyl (C=O) groups excluding carboxylic acids is 1. The lowest BCUT2D eigenvalue weighted by Gasteiger charge is -2.04. The molecule has 2 nitrogen and oxygen atoms in total. The van der Waals surface area contributed by atoms with Gasteiger partial charge < -0.3 is 4.74 Å². The molecule has 0 fully saturated rings. The third kappa shape index (κ3) is 9.47. The topological polar surface area (TPSA) is 26.3 Å². The Bertz CT molecular complexity index is 320. The highest BCUT2D eigenvalue weighted by Crippen LogP contribution is 2.11. The molecule has 2 heteroatoms. The molecule has 0 heterocycles. The SMILES string of the molecule is C#CCCCOc1ccc(C=O)cc1.CC.CC. The fourth-order valence-electron chi connectivity index (χ4n) is 1.01. The average Bonchev–Trinajstić information content (AvgIpc) is 2.48. The van der Waals surface area contributed by atoms with E-state index >= 15 is 0 Å². The molecule has 0 aromatic heterocycles. The molecule has 0 unspecified atom stereocenters. The van der Waals surface area contributed by atoms with Gasteiger partial charge in [0, 0.05) is 12.0 Å². The first-order valence-corrected chi connectivity index (χ1v) is 6.48. The number of rotatable bonds is 5. The van der Waals surface area contributed by atoms with Gasteiger partial charge in [-0.05, 0) is 30.7 Å². The zero-order chi connectivity index (χ0) is 14.2. The van der Waals surface area contributed by atoms with Crippen LogP contribution in [0.2, 0.25) is 0 Å². The average molecular weight is 248 g/mol. The maximum absolute atomic E-state index is 10.4. The summed E-state index contributed by atoms with van der Waals surface area (Å²) in [4.78, 5) is 10.4.